The van der Waals surface area contributed by atoms with Crippen molar-refractivity contribution in [1.82, 2.24) is 20.0 Å². The third-order valence-corrected chi connectivity index (χ3v) is 6.19. The van der Waals surface area contributed by atoms with Crippen molar-refractivity contribution in [3.8, 4) is 0 Å². The molecular formula is C14H22N4O3S. The standard InChI is InChI=1S/C14H22N4O3S/c1-3-4-17-5-6-18(13-9-22(20,21)8-12(13)17)14(19)11-7-10(2)15-16-11/h7,12-13H,3-6,8-9H2,1-2H3,(H,15,16)/t12-,13+/m1/s1. The van der Waals surface area contributed by atoms with E-state index in [1.807, 2.05) is 6.92 Å². The largest absolute Gasteiger partial charge is 0.330 e. The van der Waals surface area contributed by atoms with Gasteiger partial charge in [-0.15, -0.1) is 0 Å². The molecule has 2 aliphatic heterocycles. The highest BCUT2D eigenvalue weighted by molar-refractivity contribution is 7.91. The van der Waals surface area contributed by atoms with Gasteiger partial charge in [0.25, 0.3) is 5.91 Å². The van der Waals surface area contributed by atoms with Gasteiger partial charge in [-0.05, 0) is 26.0 Å². The zero-order valence-electron chi connectivity index (χ0n) is 12.9. The van der Waals surface area contributed by atoms with E-state index in [1.165, 1.54) is 0 Å². The minimum absolute atomic E-state index is 0.0625. The lowest BCUT2D eigenvalue weighted by molar-refractivity contribution is 0.0328. The number of hydrogen-bond donors (Lipinski definition) is 1. The molecule has 1 aromatic rings. The molecule has 0 spiro atoms. The third kappa shape index (κ3) is 2.77. The highest BCUT2D eigenvalue weighted by atomic mass is 32.2. The molecule has 122 valence electrons. The molecule has 0 aliphatic carbocycles. The van der Waals surface area contributed by atoms with Gasteiger partial charge in [-0.1, -0.05) is 6.92 Å². The van der Waals surface area contributed by atoms with E-state index < -0.39 is 9.84 Å². The number of sulfone groups is 1. The van der Waals surface area contributed by atoms with Crippen molar-refractivity contribution < 1.29 is 13.2 Å². The molecule has 0 saturated carbocycles. The number of aromatic nitrogens is 2. The van der Waals surface area contributed by atoms with Crippen LogP contribution in [0, 0.1) is 6.92 Å². The van der Waals surface area contributed by atoms with Crippen molar-refractivity contribution in [3.63, 3.8) is 0 Å². The van der Waals surface area contributed by atoms with Crippen molar-refractivity contribution in [1.29, 1.82) is 0 Å². The van der Waals surface area contributed by atoms with Gasteiger partial charge in [0.05, 0.1) is 17.5 Å². The molecule has 8 heteroatoms. The maximum atomic E-state index is 12.7. The molecule has 0 bridgehead atoms. The van der Waals surface area contributed by atoms with E-state index in [4.69, 9.17) is 0 Å². The molecular weight excluding hydrogens is 304 g/mol. The Morgan fingerprint density at radius 1 is 1.36 bits per heavy atom. The summed E-state index contributed by atoms with van der Waals surface area (Å²) in [6, 6.07) is 1.37. The molecule has 1 N–H and O–H groups in total. The van der Waals surface area contributed by atoms with Crippen LogP contribution in [-0.4, -0.2) is 77.5 Å². The average Bonchev–Trinajstić information content (AvgIpc) is 3.01. The number of hydrogen-bond acceptors (Lipinski definition) is 5. The van der Waals surface area contributed by atoms with E-state index in [2.05, 4.69) is 22.0 Å². The van der Waals surface area contributed by atoms with E-state index in [-0.39, 0.29) is 29.5 Å². The Kier molecular flexibility index (Phi) is 3.98. The van der Waals surface area contributed by atoms with Gasteiger partial charge in [-0.2, -0.15) is 5.10 Å². The maximum Gasteiger partial charge on any atom is 0.274 e. The first kappa shape index (κ1) is 15.5. The van der Waals surface area contributed by atoms with Crippen LogP contribution in [0.4, 0.5) is 0 Å². The van der Waals surface area contributed by atoms with Crippen LogP contribution < -0.4 is 0 Å². The second-order valence-corrected chi connectivity index (χ2v) is 8.34. The molecule has 2 saturated heterocycles. The third-order valence-electron chi connectivity index (χ3n) is 4.49. The minimum atomic E-state index is -3.09. The van der Waals surface area contributed by atoms with Gasteiger partial charge >= 0.3 is 0 Å². The summed E-state index contributed by atoms with van der Waals surface area (Å²) < 4.78 is 24.1. The molecule has 3 rings (SSSR count). The Labute approximate surface area is 130 Å². The van der Waals surface area contributed by atoms with Crippen LogP contribution in [0.25, 0.3) is 0 Å². The number of nitrogens with zero attached hydrogens (tertiary/aromatic N) is 3. The summed E-state index contributed by atoms with van der Waals surface area (Å²) in [6.45, 7) is 6.08. The summed E-state index contributed by atoms with van der Waals surface area (Å²) in [5.41, 5.74) is 1.19. The van der Waals surface area contributed by atoms with E-state index in [0.29, 0.717) is 12.2 Å². The van der Waals surface area contributed by atoms with Crippen LogP contribution in [0.5, 0.6) is 0 Å². The first-order chi connectivity index (χ1) is 10.4. The number of fused-ring (bicyclic) bond motifs is 1. The van der Waals surface area contributed by atoms with Crippen LogP contribution >= 0.6 is 0 Å². The van der Waals surface area contributed by atoms with E-state index in [9.17, 15) is 13.2 Å². The topological polar surface area (TPSA) is 86.4 Å². The van der Waals surface area contributed by atoms with Crippen molar-refractivity contribution in [2.24, 2.45) is 0 Å². The maximum absolute atomic E-state index is 12.7. The van der Waals surface area contributed by atoms with Crippen LogP contribution in [0.3, 0.4) is 0 Å². The molecule has 2 fully saturated rings. The highest BCUT2D eigenvalue weighted by Gasteiger charge is 2.48. The SMILES string of the molecule is CCCN1CCN(C(=O)c2cc(C)[nH]n2)[C@H]2CS(=O)(=O)C[C@H]21. The van der Waals surface area contributed by atoms with E-state index >= 15 is 0 Å². The fraction of sp³-hybridized carbons (Fsp3) is 0.714. The number of nitrogens with one attached hydrogen (secondary N) is 1. The number of piperazine rings is 1. The Balaban J connectivity index is 1.86. The normalized spacial score (nSPS) is 27.8. The Morgan fingerprint density at radius 2 is 2.09 bits per heavy atom. The van der Waals surface area contributed by atoms with Gasteiger partial charge < -0.3 is 4.90 Å². The van der Waals surface area contributed by atoms with Gasteiger partial charge in [0.2, 0.25) is 0 Å². The quantitative estimate of drug-likeness (QED) is 0.848. The fourth-order valence-corrected chi connectivity index (χ4v) is 5.53. The number of carbonyl (C=O) groups is 1. The summed E-state index contributed by atoms with van der Waals surface area (Å²) in [7, 11) is -3.09. The monoisotopic (exact) mass is 326 g/mol. The van der Waals surface area contributed by atoms with E-state index in [1.54, 1.807) is 11.0 Å². The number of amides is 1. The van der Waals surface area contributed by atoms with Crippen LogP contribution in [0.2, 0.25) is 0 Å². The molecule has 7 nitrogen and oxygen atoms in total. The van der Waals surface area contributed by atoms with Crippen LogP contribution in [-0.2, 0) is 9.84 Å². The Bertz CT molecular complexity index is 669. The Morgan fingerprint density at radius 3 is 2.73 bits per heavy atom. The van der Waals surface area contributed by atoms with Crippen molar-refractivity contribution in [3.05, 3.63) is 17.5 Å². The van der Waals surface area contributed by atoms with Gasteiger partial charge in [-0.3, -0.25) is 14.8 Å². The number of carbonyl (C=O) groups excluding carboxylic acids is 1. The number of rotatable bonds is 3. The molecule has 0 unspecified atom stereocenters. The minimum Gasteiger partial charge on any atom is -0.330 e. The molecule has 1 aromatic heterocycles. The number of aryl methyl sites for hydroxylation is 1. The lowest BCUT2D eigenvalue weighted by Crippen LogP contribution is -2.60. The van der Waals surface area contributed by atoms with Gasteiger partial charge in [0, 0.05) is 24.8 Å². The average molecular weight is 326 g/mol. The molecule has 3 heterocycles. The molecule has 2 aliphatic rings. The molecule has 22 heavy (non-hydrogen) atoms. The van der Waals surface area contributed by atoms with Crippen LogP contribution in [0.15, 0.2) is 6.07 Å². The van der Waals surface area contributed by atoms with Crippen molar-refractivity contribution >= 4 is 15.7 Å². The summed E-state index contributed by atoms with van der Waals surface area (Å²) in [5, 5.41) is 6.79. The first-order valence-corrected chi connectivity index (χ1v) is 9.51. The summed E-state index contributed by atoms with van der Waals surface area (Å²) in [5.74, 6) is 0.0428. The zero-order valence-corrected chi connectivity index (χ0v) is 13.8. The van der Waals surface area contributed by atoms with Gasteiger partial charge in [0.1, 0.15) is 5.69 Å². The Hall–Kier alpha value is -1.41. The van der Waals surface area contributed by atoms with Crippen molar-refractivity contribution in [2.75, 3.05) is 31.1 Å². The molecule has 0 radical (unpaired) electrons. The predicted molar refractivity (Wildman–Crippen MR) is 82.5 cm³/mol. The molecule has 1 amide bonds. The first-order valence-electron chi connectivity index (χ1n) is 7.68. The number of aromatic amines is 1. The second kappa shape index (κ2) is 5.66. The summed E-state index contributed by atoms with van der Waals surface area (Å²) in [6.07, 6.45) is 0.982. The van der Waals surface area contributed by atoms with E-state index in [0.717, 1.165) is 25.2 Å². The zero-order chi connectivity index (χ0) is 15.9. The lowest BCUT2D eigenvalue weighted by atomic mass is 10.0. The van der Waals surface area contributed by atoms with Gasteiger partial charge in [-0.25, -0.2) is 8.42 Å². The van der Waals surface area contributed by atoms with Crippen LogP contribution in [0.1, 0.15) is 29.5 Å². The molecule has 2 atom stereocenters. The number of H-pyrrole nitrogens is 1. The summed E-state index contributed by atoms with van der Waals surface area (Å²) in [4.78, 5) is 16.6. The fourth-order valence-electron chi connectivity index (χ4n) is 3.52. The second-order valence-electron chi connectivity index (χ2n) is 6.18. The van der Waals surface area contributed by atoms with Gasteiger partial charge in [0.15, 0.2) is 9.84 Å². The molecule has 0 aromatic carbocycles. The smallest absolute Gasteiger partial charge is 0.274 e. The van der Waals surface area contributed by atoms with Crippen molar-refractivity contribution in [2.45, 2.75) is 32.4 Å². The highest BCUT2D eigenvalue weighted by Crippen LogP contribution is 2.28. The lowest BCUT2D eigenvalue weighted by Gasteiger charge is -2.43. The summed E-state index contributed by atoms with van der Waals surface area (Å²) >= 11 is 0. The predicted octanol–water partition coefficient (Wildman–Crippen LogP) is 0.0515.